The first-order valence-electron chi connectivity index (χ1n) is 10.5. The van der Waals surface area contributed by atoms with Crippen molar-refractivity contribution in [1.29, 1.82) is 0 Å². The molecule has 6 heteroatoms. The van der Waals surface area contributed by atoms with Gasteiger partial charge in [0.05, 0.1) is 11.1 Å². The molecule has 4 rings (SSSR count). The first-order valence-corrected chi connectivity index (χ1v) is 10.5. The van der Waals surface area contributed by atoms with E-state index in [2.05, 4.69) is 0 Å². The molecule has 6 nitrogen and oxygen atoms in total. The Hall–Kier alpha value is -3.15. The second-order valence-corrected chi connectivity index (χ2v) is 7.94. The summed E-state index contributed by atoms with van der Waals surface area (Å²) in [5.41, 5.74) is 1.96. The van der Waals surface area contributed by atoms with E-state index >= 15 is 0 Å². The zero-order valence-electron chi connectivity index (χ0n) is 17.0. The van der Waals surface area contributed by atoms with E-state index in [1.807, 2.05) is 30.3 Å². The van der Waals surface area contributed by atoms with Crippen LogP contribution in [-0.4, -0.2) is 47.3 Å². The van der Waals surface area contributed by atoms with Gasteiger partial charge in [0.25, 0.3) is 11.8 Å². The predicted octanol–water partition coefficient (Wildman–Crippen LogP) is 4.11. The van der Waals surface area contributed by atoms with Crippen molar-refractivity contribution < 1.29 is 19.1 Å². The SMILES string of the molecule is O=C(OCc1ccccc1)N1CCC[C@H](CCCN2C(=O)c3ccccc3C2=O)C1. The molecule has 2 aromatic carbocycles. The van der Waals surface area contributed by atoms with Crippen LogP contribution in [0.2, 0.25) is 0 Å². The van der Waals surface area contributed by atoms with Crippen molar-refractivity contribution in [2.45, 2.75) is 32.3 Å². The minimum Gasteiger partial charge on any atom is -0.445 e. The van der Waals surface area contributed by atoms with Crippen LogP contribution in [0.25, 0.3) is 0 Å². The van der Waals surface area contributed by atoms with Gasteiger partial charge in [-0.1, -0.05) is 42.5 Å². The fraction of sp³-hybridized carbons (Fsp3) is 0.375. The lowest BCUT2D eigenvalue weighted by molar-refractivity contribution is 0.0643. The molecule has 0 unspecified atom stereocenters. The van der Waals surface area contributed by atoms with E-state index in [1.54, 1.807) is 29.2 Å². The summed E-state index contributed by atoms with van der Waals surface area (Å²) in [7, 11) is 0. The molecule has 2 aliphatic rings. The average molecular weight is 406 g/mol. The molecule has 0 spiro atoms. The van der Waals surface area contributed by atoms with Crippen molar-refractivity contribution >= 4 is 17.9 Å². The number of piperidine rings is 1. The summed E-state index contributed by atoms with van der Waals surface area (Å²) < 4.78 is 5.46. The molecule has 2 heterocycles. The monoisotopic (exact) mass is 406 g/mol. The van der Waals surface area contributed by atoms with Gasteiger partial charge in [0.1, 0.15) is 6.61 Å². The molecule has 0 radical (unpaired) electrons. The number of hydrogen-bond donors (Lipinski definition) is 0. The lowest BCUT2D eigenvalue weighted by atomic mass is 9.93. The van der Waals surface area contributed by atoms with E-state index in [4.69, 9.17) is 4.74 Å². The van der Waals surface area contributed by atoms with Crippen LogP contribution in [0, 0.1) is 5.92 Å². The molecule has 0 saturated carbocycles. The number of hydrogen-bond acceptors (Lipinski definition) is 4. The highest BCUT2D eigenvalue weighted by Crippen LogP contribution is 2.25. The van der Waals surface area contributed by atoms with E-state index in [-0.39, 0.29) is 24.5 Å². The van der Waals surface area contributed by atoms with Gasteiger partial charge in [0.2, 0.25) is 0 Å². The van der Waals surface area contributed by atoms with Gasteiger partial charge >= 0.3 is 6.09 Å². The quantitative estimate of drug-likeness (QED) is 0.677. The maximum atomic E-state index is 12.5. The van der Waals surface area contributed by atoms with E-state index in [9.17, 15) is 14.4 Å². The number of likely N-dealkylation sites (tertiary alicyclic amines) is 1. The Morgan fingerprint density at radius 3 is 2.33 bits per heavy atom. The van der Waals surface area contributed by atoms with Crippen LogP contribution in [0.15, 0.2) is 54.6 Å². The van der Waals surface area contributed by atoms with E-state index < -0.39 is 0 Å². The lowest BCUT2D eigenvalue weighted by Crippen LogP contribution is -2.40. The highest BCUT2D eigenvalue weighted by Gasteiger charge is 2.34. The van der Waals surface area contributed by atoms with Gasteiger partial charge in [-0.25, -0.2) is 4.79 Å². The highest BCUT2D eigenvalue weighted by atomic mass is 16.6. The molecule has 0 N–H and O–H groups in total. The third-order valence-corrected chi connectivity index (χ3v) is 5.85. The van der Waals surface area contributed by atoms with Crippen molar-refractivity contribution in [2.75, 3.05) is 19.6 Å². The maximum absolute atomic E-state index is 12.5. The van der Waals surface area contributed by atoms with E-state index in [1.165, 1.54) is 4.90 Å². The van der Waals surface area contributed by atoms with Crippen molar-refractivity contribution in [1.82, 2.24) is 9.80 Å². The molecule has 3 amide bonds. The van der Waals surface area contributed by atoms with Gasteiger partial charge < -0.3 is 9.64 Å². The van der Waals surface area contributed by atoms with E-state index in [0.29, 0.717) is 36.7 Å². The minimum atomic E-state index is -0.274. The zero-order chi connectivity index (χ0) is 20.9. The molecule has 2 aliphatic heterocycles. The molecule has 30 heavy (non-hydrogen) atoms. The number of ether oxygens (including phenoxy) is 1. The van der Waals surface area contributed by atoms with Crippen LogP contribution in [-0.2, 0) is 11.3 Å². The first kappa shape index (κ1) is 20.1. The van der Waals surface area contributed by atoms with Gasteiger partial charge in [0.15, 0.2) is 0 Å². The largest absolute Gasteiger partial charge is 0.445 e. The molecule has 0 bridgehead atoms. The zero-order valence-corrected chi connectivity index (χ0v) is 17.0. The molecule has 156 valence electrons. The summed E-state index contributed by atoms with van der Waals surface area (Å²) >= 11 is 0. The van der Waals surface area contributed by atoms with Crippen molar-refractivity contribution in [3.63, 3.8) is 0 Å². The Morgan fingerprint density at radius 2 is 1.63 bits per heavy atom. The third-order valence-electron chi connectivity index (χ3n) is 5.85. The van der Waals surface area contributed by atoms with E-state index in [0.717, 1.165) is 31.2 Å². The van der Waals surface area contributed by atoms with Gasteiger partial charge in [-0.05, 0) is 49.3 Å². The number of fused-ring (bicyclic) bond motifs is 1. The summed E-state index contributed by atoms with van der Waals surface area (Å²) in [5, 5.41) is 0. The topological polar surface area (TPSA) is 66.9 Å². The van der Waals surface area contributed by atoms with Crippen molar-refractivity contribution in [3.8, 4) is 0 Å². The van der Waals surface area contributed by atoms with Crippen LogP contribution in [0.5, 0.6) is 0 Å². The maximum Gasteiger partial charge on any atom is 0.410 e. The van der Waals surface area contributed by atoms with Crippen LogP contribution in [0.1, 0.15) is 52.0 Å². The number of rotatable bonds is 6. The number of carbonyl (C=O) groups is 3. The Kier molecular flexibility index (Phi) is 6.12. The number of nitrogens with zero attached hydrogens (tertiary/aromatic N) is 2. The van der Waals surface area contributed by atoms with Crippen LogP contribution in [0.4, 0.5) is 4.79 Å². The number of carbonyl (C=O) groups excluding carboxylic acids is 3. The standard InChI is InChI=1S/C24H26N2O4/c27-22-20-12-4-5-13-21(20)23(28)26(22)15-7-11-18-10-6-14-25(16-18)24(29)30-17-19-8-2-1-3-9-19/h1-5,8-9,12-13,18H,6-7,10-11,14-17H2/t18-/m1/s1. The van der Waals surface area contributed by atoms with Crippen LogP contribution in [0.3, 0.4) is 0 Å². The fourth-order valence-electron chi connectivity index (χ4n) is 4.26. The first-order chi connectivity index (χ1) is 14.6. The van der Waals surface area contributed by atoms with Gasteiger partial charge in [-0.15, -0.1) is 0 Å². The normalized spacial score (nSPS) is 18.5. The molecule has 1 saturated heterocycles. The summed E-state index contributed by atoms with van der Waals surface area (Å²) in [6, 6.07) is 16.6. The predicted molar refractivity (Wildman–Crippen MR) is 112 cm³/mol. The summed E-state index contributed by atoms with van der Waals surface area (Å²) in [4.78, 5) is 40.5. The highest BCUT2D eigenvalue weighted by molar-refractivity contribution is 6.21. The lowest BCUT2D eigenvalue weighted by Gasteiger charge is -2.32. The fourth-order valence-corrected chi connectivity index (χ4v) is 4.26. The van der Waals surface area contributed by atoms with Crippen LogP contribution < -0.4 is 0 Å². The van der Waals surface area contributed by atoms with Gasteiger partial charge in [0, 0.05) is 19.6 Å². The van der Waals surface area contributed by atoms with Crippen molar-refractivity contribution in [3.05, 3.63) is 71.3 Å². The number of benzene rings is 2. The number of amides is 3. The van der Waals surface area contributed by atoms with Gasteiger partial charge in [-0.2, -0.15) is 0 Å². The molecular formula is C24H26N2O4. The second-order valence-electron chi connectivity index (χ2n) is 7.94. The molecule has 0 aromatic heterocycles. The average Bonchev–Trinajstić information content (AvgIpc) is 3.03. The molecular weight excluding hydrogens is 380 g/mol. The third kappa shape index (κ3) is 4.37. The Labute approximate surface area is 176 Å². The summed E-state index contributed by atoms with van der Waals surface area (Å²) in [6.45, 7) is 2.07. The second kappa shape index (κ2) is 9.11. The summed E-state index contributed by atoms with van der Waals surface area (Å²) in [6.07, 6.45) is 3.32. The molecule has 2 aromatic rings. The summed E-state index contributed by atoms with van der Waals surface area (Å²) in [5.74, 6) is -0.0473. The molecule has 0 aliphatic carbocycles. The van der Waals surface area contributed by atoms with Gasteiger partial charge in [-0.3, -0.25) is 14.5 Å². The molecule has 1 atom stereocenters. The minimum absolute atomic E-state index is 0.203. The Morgan fingerprint density at radius 1 is 0.967 bits per heavy atom. The smallest absolute Gasteiger partial charge is 0.410 e. The Balaban J connectivity index is 1.23. The Bertz CT molecular complexity index is 893. The molecule has 1 fully saturated rings. The van der Waals surface area contributed by atoms with Crippen LogP contribution >= 0.6 is 0 Å². The number of imide groups is 1. The van der Waals surface area contributed by atoms with Crippen molar-refractivity contribution in [2.24, 2.45) is 5.92 Å².